The van der Waals surface area contributed by atoms with Crippen molar-refractivity contribution in [2.45, 2.75) is 24.8 Å². The van der Waals surface area contributed by atoms with E-state index in [-0.39, 0.29) is 4.90 Å². The van der Waals surface area contributed by atoms with E-state index in [0.717, 1.165) is 9.87 Å². The summed E-state index contributed by atoms with van der Waals surface area (Å²) in [4.78, 5) is 13.2. The summed E-state index contributed by atoms with van der Waals surface area (Å²) >= 11 is 3.34. The van der Waals surface area contributed by atoms with Gasteiger partial charge in [0.2, 0.25) is 5.91 Å². The molecule has 0 aliphatic rings. The molecule has 0 aromatic heterocycles. The van der Waals surface area contributed by atoms with Gasteiger partial charge in [0.05, 0.1) is 42.4 Å². The fourth-order valence-corrected chi connectivity index (χ4v) is 5.77. The van der Waals surface area contributed by atoms with Crippen molar-refractivity contribution in [1.82, 2.24) is 5.32 Å². The maximum atomic E-state index is 13.7. The van der Waals surface area contributed by atoms with Crippen LogP contribution < -0.4 is 23.8 Å². The quantitative estimate of drug-likeness (QED) is 0.370. The Labute approximate surface area is 220 Å². The van der Waals surface area contributed by atoms with Gasteiger partial charge in [0.1, 0.15) is 23.8 Å². The Bertz CT molecular complexity index is 1330. The van der Waals surface area contributed by atoms with Crippen LogP contribution in [-0.2, 0) is 14.8 Å². The molecule has 1 N–H and O–H groups in total. The lowest BCUT2D eigenvalue weighted by Crippen LogP contribution is -2.41. The predicted octanol–water partition coefficient (Wildman–Crippen LogP) is 4.86. The van der Waals surface area contributed by atoms with Gasteiger partial charge in [-0.3, -0.25) is 9.10 Å². The number of nitrogens with zero attached hydrogens (tertiary/aromatic N) is 1. The van der Waals surface area contributed by atoms with Gasteiger partial charge in [0.25, 0.3) is 10.0 Å². The molecule has 0 heterocycles. The molecule has 3 rings (SSSR count). The minimum absolute atomic E-state index is 0.0195. The van der Waals surface area contributed by atoms with E-state index >= 15 is 0 Å². The Morgan fingerprint density at radius 1 is 0.944 bits per heavy atom. The number of ether oxygens (including phenoxy) is 3. The first kappa shape index (κ1) is 27.3. The highest BCUT2D eigenvalue weighted by molar-refractivity contribution is 9.10. The van der Waals surface area contributed by atoms with Gasteiger partial charge in [-0.2, -0.15) is 0 Å². The van der Waals surface area contributed by atoms with Crippen molar-refractivity contribution >= 4 is 37.5 Å². The summed E-state index contributed by atoms with van der Waals surface area (Å²) in [6.45, 7) is 3.27. The lowest BCUT2D eigenvalue weighted by molar-refractivity contribution is -0.120. The Hall–Kier alpha value is -3.24. The van der Waals surface area contributed by atoms with Crippen molar-refractivity contribution in [3.8, 4) is 17.2 Å². The molecule has 1 unspecified atom stereocenters. The maximum Gasteiger partial charge on any atom is 0.264 e. The van der Waals surface area contributed by atoms with Gasteiger partial charge in [-0.05, 0) is 78.3 Å². The molecule has 8 nitrogen and oxygen atoms in total. The van der Waals surface area contributed by atoms with Crippen molar-refractivity contribution in [3.05, 3.63) is 76.3 Å². The van der Waals surface area contributed by atoms with E-state index in [1.165, 1.54) is 19.2 Å². The maximum absolute atomic E-state index is 13.7. The predicted molar refractivity (Wildman–Crippen MR) is 143 cm³/mol. The third-order valence-electron chi connectivity index (χ3n) is 5.60. The van der Waals surface area contributed by atoms with E-state index < -0.39 is 28.5 Å². The number of aryl methyl sites for hydroxylation is 1. The number of rotatable bonds is 10. The molecular formula is C26H29BrN2O6S. The third kappa shape index (κ3) is 6.11. The van der Waals surface area contributed by atoms with E-state index in [2.05, 4.69) is 21.2 Å². The average molecular weight is 577 g/mol. The Balaban J connectivity index is 1.93. The largest absolute Gasteiger partial charge is 0.497 e. The summed E-state index contributed by atoms with van der Waals surface area (Å²) in [5, 5.41) is 2.88. The minimum atomic E-state index is -4.09. The van der Waals surface area contributed by atoms with Crippen LogP contribution in [0.15, 0.2) is 70.0 Å². The van der Waals surface area contributed by atoms with E-state index in [9.17, 15) is 13.2 Å². The zero-order valence-electron chi connectivity index (χ0n) is 20.7. The van der Waals surface area contributed by atoms with Crippen LogP contribution in [0.3, 0.4) is 0 Å². The van der Waals surface area contributed by atoms with Crippen LogP contribution in [0.2, 0.25) is 0 Å². The molecule has 1 amide bonds. The number of nitrogens with one attached hydrogen (secondary N) is 1. The zero-order chi connectivity index (χ0) is 26.5. The molecule has 10 heteroatoms. The SMILES string of the molecule is COc1ccc(OC)c(C(C)NC(=O)CN(c2ccc(C)cc2)S(=O)(=O)c2ccc(OC)c(Br)c2)c1. The Morgan fingerprint density at radius 2 is 1.58 bits per heavy atom. The van der Waals surface area contributed by atoms with Gasteiger partial charge in [-0.15, -0.1) is 0 Å². The molecular weight excluding hydrogens is 548 g/mol. The van der Waals surface area contributed by atoms with Crippen LogP contribution in [-0.4, -0.2) is 42.2 Å². The fourth-order valence-electron chi connectivity index (χ4n) is 3.63. The van der Waals surface area contributed by atoms with Crippen LogP contribution in [0.5, 0.6) is 17.2 Å². The van der Waals surface area contributed by atoms with E-state index in [4.69, 9.17) is 14.2 Å². The summed E-state index contributed by atoms with van der Waals surface area (Å²) in [5.74, 6) is 1.20. The molecule has 3 aromatic rings. The van der Waals surface area contributed by atoms with E-state index in [0.29, 0.717) is 33.0 Å². The molecule has 0 bridgehead atoms. The average Bonchev–Trinajstić information content (AvgIpc) is 2.87. The summed E-state index contributed by atoms with van der Waals surface area (Å²) < 4.78 is 44.9. The van der Waals surface area contributed by atoms with E-state index in [1.54, 1.807) is 69.7 Å². The Morgan fingerprint density at radius 3 is 2.17 bits per heavy atom. The summed E-state index contributed by atoms with van der Waals surface area (Å²) in [6, 6.07) is 16.2. The van der Waals surface area contributed by atoms with Gasteiger partial charge < -0.3 is 19.5 Å². The van der Waals surface area contributed by atoms with Gasteiger partial charge in [0.15, 0.2) is 0 Å². The number of methoxy groups -OCH3 is 3. The summed E-state index contributed by atoms with van der Waals surface area (Å²) in [6.07, 6.45) is 0. The molecule has 0 fully saturated rings. The first-order chi connectivity index (χ1) is 17.1. The van der Waals surface area contributed by atoms with Crippen LogP contribution in [0.4, 0.5) is 5.69 Å². The topological polar surface area (TPSA) is 94.2 Å². The molecule has 192 valence electrons. The number of amides is 1. The molecule has 0 radical (unpaired) electrons. The molecule has 1 atom stereocenters. The third-order valence-corrected chi connectivity index (χ3v) is 7.99. The monoisotopic (exact) mass is 576 g/mol. The molecule has 0 saturated heterocycles. The number of benzene rings is 3. The van der Waals surface area contributed by atoms with Crippen molar-refractivity contribution in [3.63, 3.8) is 0 Å². The van der Waals surface area contributed by atoms with Gasteiger partial charge in [-0.25, -0.2) is 8.42 Å². The van der Waals surface area contributed by atoms with Crippen molar-refractivity contribution in [2.75, 3.05) is 32.2 Å². The highest BCUT2D eigenvalue weighted by Crippen LogP contribution is 2.32. The van der Waals surface area contributed by atoms with Gasteiger partial charge in [-0.1, -0.05) is 17.7 Å². The molecule has 0 aliphatic heterocycles. The molecule has 0 spiro atoms. The summed E-state index contributed by atoms with van der Waals surface area (Å²) in [5.41, 5.74) is 2.04. The molecule has 36 heavy (non-hydrogen) atoms. The lowest BCUT2D eigenvalue weighted by Gasteiger charge is -2.26. The van der Waals surface area contributed by atoms with Gasteiger partial charge >= 0.3 is 0 Å². The van der Waals surface area contributed by atoms with Crippen molar-refractivity contribution in [1.29, 1.82) is 0 Å². The molecule has 3 aromatic carbocycles. The smallest absolute Gasteiger partial charge is 0.264 e. The second kappa shape index (κ2) is 11.7. The van der Waals surface area contributed by atoms with Crippen molar-refractivity contribution in [2.24, 2.45) is 0 Å². The number of halogens is 1. The van der Waals surface area contributed by atoms with Crippen molar-refractivity contribution < 1.29 is 27.4 Å². The number of sulfonamides is 1. The zero-order valence-corrected chi connectivity index (χ0v) is 23.1. The highest BCUT2D eigenvalue weighted by Gasteiger charge is 2.29. The lowest BCUT2D eigenvalue weighted by atomic mass is 10.1. The summed E-state index contributed by atoms with van der Waals surface area (Å²) in [7, 11) is 0.497. The minimum Gasteiger partial charge on any atom is -0.497 e. The number of carbonyl (C=O) groups is 1. The first-order valence-electron chi connectivity index (χ1n) is 11.0. The Kier molecular flexibility index (Phi) is 8.86. The number of hydrogen-bond acceptors (Lipinski definition) is 6. The number of anilines is 1. The standard InChI is InChI=1S/C26H29BrN2O6S/c1-17-6-8-19(9-7-17)29(36(31,32)21-11-13-25(35-5)23(27)15-21)16-26(30)28-18(2)22-14-20(33-3)10-12-24(22)34-4/h6-15,18H,16H2,1-5H3,(H,28,30). The fraction of sp³-hybridized carbons (Fsp3) is 0.269. The molecule has 0 aliphatic carbocycles. The van der Waals surface area contributed by atoms with Crippen LogP contribution in [0, 0.1) is 6.92 Å². The van der Waals surface area contributed by atoms with Crippen LogP contribution in [0.1, 0.15) is 24.1 Å². The second-order valence-electron chi connectivity index (χ2n) is 8.04. The van der Waals surface area contributed by atoms with Crippen LogP contribution in [0.25, 0.3) is 0 Å². The first-order valence-corrected chi connectivity index (χ1v) is 13.3. The van der Waals surface area contributed by atoms with Crippen LogP contribution >= 0.6 is 15.9 Å². The highest BCUT2D eigenvalue weighted by atomic mass is 79.9. The second-order valence-corrected chi connectivity index (χ2v) is 10.8. The van der Waals surface area contributed by atoms with Gasteiger partial charge in [0, 0.05) is 5.56 Å². The normalized spacial score (nSPS) is 11.9. The number of hydrogen-bond donors (Lipinski definition) is 1. The molecule has 0 saturated carbocycles. The van der Waals surface area contributed by atoms with E-state index in [1.807, 2.05) is 6.92 Å². The number of carbonyl (C=O) groups excluding carboxylic acids is 1.